The molecule has 0 spiro atoms. The van der Waals surface area contributed by atoms with Crippen LogP contribution in [0, 0.1) is 0 Å². The molecule has 2 rings (SSSR count). The average Bonchev–Trinajstić information content (AvgIpc) is 2.52. The number of hydrogen-bond acceptors (Lipinski definition) is 4. The number of nitrogens with one attached hydrogen (secondary N) is 1. The van der Waals surface area contributed by atoms with Crippen LogP contribution in [0.1, 0.15) is 25.7 Å². The number of methoxy groups -OCH3 is 1. The highest BCUT2D eigenvalue weighted by Crippen LogP contribution is 2.27. The van der Waals surface area contributed by atoms with Gasteiger partial charge in [-0.3, -0.25) is 0 Å². The van der Waals surface area contributed by atoms with E-state index in [0.717, 1.165) is 26.1 Å². The summed E-state index contributed by atoms with van der Waals surface area (Å²) >= 11 is 3.31. The van der Waals surface area contributed by atoms with Gasteiger partial charge in [-0.25, -0.2) is 13.1 Å². The molecule has 124 valence electrons. The van der Waals surface area contributed by atoms with Crippen molar-refractivity contribution < 1.29 is 13.2 Å². The van der Waals surface area contributed by atoms with Gasteiger partial charge in [-0.15, -0.1) is 0 Å². The molecule has 1 aromatic rings. The number of rotatable bonds is 7. The largest absolute Gasteiger partial charge is 0.496 e. The first-order chi connectivity index (χ1) is 10.5. The summed E-state index contributed by atoms with van der Waals surface area (Å²) in [7, 11) is -1.92. The van der Waals surface area contributed by atoms with Crippen molar-refractivity contribution in [3.63, 3.8) is 0 Å². The lowest BCUT2D eigenvalue weighted by molar-refractivity contribution is 0.227. The number of piperidine rings is 1. The lowest BCUT2D eigenvalue weighted by atomic mass is 10.1. The van der Waals surface area contributed by atoms with Crippen molar-refractivity contribution in [2.24, 2.45) is 0 Å². The molecule has 0 radical (unpaired) electrons. The van der Waals surface area contributed by atoms with Crippen molar-refractivity contribution >= 4 is 26.0 Å². The highest BCUT2D eigenvalue weighted by molar-refractivity contribution is 9.10. The minimum atomic E-state index is -3.46. The van der Waals surface area contributed by atoms with Crippen molar-refractivity contribution in [1.29, 1.82) is 0 Å². The number of hydrogen-bond donors (Lipinski definition) is 1. The average molecular weight is 391 g/mol. The third kappa shape index (κ3) is 4.94. The third-order valence-corrected chi connectivity index (χ3v) is 5.90. The fourth-order valence-corrected chi connectivity index (χ4v) is 4.38. The fourth-order valence-electron chi connectivity index (χ4n) is 2.59. The van der Waals surface area contributed by atoms with Gasteiger partial charge in [0.25, 0.3) is 0 Å². The van der Waals surface area contributed by atoms with Crippen LogP contribution in [0.5, 0.6) is 5.75 Å². The molecule has 1 fully saturated rings. The molecule has 0 saturated carbocycles. The molecule has 0 aromatic heterocycles. The molecule has 22 heavy (non-hydrogen) atoms. The number of nitrogens with zero attached hydrogens (tertiary/aromatic N) is 1. The van der Waals surface area contributed by atoms with Crippen LogP contribution in [0.25, 0.3) is 0 Å². The molecule has 1 aliphatic heterocycles. The molecular weight excluding hydrogens is 368 g/mol. The minimum Gasteiger partial charge on any atom is -0.496 e. The number of ether oxygens (including phenoxy) is 1. The fraction of sp³-hybridized carbons (Fsp3) is 0.600. The predicted octanol–water partition coefficient (Wildman–Crippen LogP) is 2.61. The maximum atomic E-state index is 12.2. The van der Waals surface area contributed by atoms with E-state index in [-0.39, 0.29) is 4.90 Å². The van der Waals surface area contributed by atoms with Crippen molar-refractivity contribution in [2.45, 2.75) is 30.6 Å². The summed E-state index contributed by atoms with van der Waals surface area (Å²) in [5, 5.41) is 0. The predicted molar refractivity (Wildman–Crippen MR) is 90.8 cm³/mol. The molecule has 0 unspecified atom stereocenters. The Balaban J connectivity index is 1.84. The lowest BCUT2D eigenvalue weighted by Gasteiger charge is -2.26. The first kappa shape index (κ1) is 17.7. The molecule has 0 amide bonds. The zero-order valence-corrected chi connectivity index (χ0v) is 15.2. The molecular formula is C15H23BrN2O3S. The van der Waals surface area contributed by atoms with E-state index < -0.39 is 10.0 Å². The van der Waals surface area contributed by atoms with E-state index >= 15 is 0 Å². The lowest BCUT2D eigenvalue weighted by Crippen LogP contribution is -2.33. The molecule has 1 saturated heterocycles. The van der Waals surface area contributed by atoms with Gasteiger partial charge in [0.2, 0.25) is 10.0 Å². The van der Waals surface area contributed by atoms with Crippen molar-refractivity contribution in [1.82, 2.24) is 9.62 Å². The van der Waals surface area contributed by atoms with Gasteiger partial charge in [0, 0.05) is 6.54 Å². The number of likely N-dealkylation sites (tertiary alicyclic amines) is 1. The first-order valence-electron chi connectivity index (χ1n) is 7.58. The third-order valence-electron chi connectivity index (χ3n) is 3.83. The van der Waals surface area contributed by atoms with Crippen molar-refractivity contribution in [3.05, 3.63) is 22.7 Å². The Morgan fingerprint density at radius 3 is 2.64 bits per heavy atom. The Bertz CT molecular complexity index is 586. The molecule has 5 nitrogen and oxygen atoms in total. The number of halogens is 1. The molecule has 1 aliphatic rings. The monoisotopic (exact) mass is 390 g/mol. The van der Waals surface area contributed by atoms with Crippen LogP contribution in [0.4, 0.5) is 0 Å². The Labute approximate surface area is 141 Å². The van der Waals surface area contributed by atoms with E-state index in [1.54, 1.807) is 25.3 Å². The minimum absolute atomic E-state index is 0.248. The number of benzene rings is 1. The summed E-state index contributed by atoms with van der Waals surface area (Å²) in [6.07, 6.45) is 4.66. The quantitative estimate of drug-likeness (QED) is 0.726. The molecule has 7 heteroatoms. The SMILES string of the molecule is COc1ccc(S(=O)(=O)NCCCN2CCCCC2)cc1Br. The molecule has 1 aromatic carbocycles. The Morgan fingerprint density at radius 1 is 1.27 bits per heavy atom. The van der Waals surface area contributed by atoms with E-state index in [1.165, 1.54) is 19.3 Å². The van der Waals surface area contributed by atoms with Gasteiger partial charge in [0.15, 0.2) is 0 Å². The summed E-state index contributed by atoms with van der Waals surface area (Å²) < 4.78 is 32.9. The topological polar surface area (TPSA) is 58.6 Å². The van der Waals surface area contributed by atoms with Gasteiger partial charge in [-0.1, -0.05) is 6.42 Å². The van der Waals surface area contributed by atoms with Gasteiger partial charge in [-0.05, 0) is 73.0 Å². The molecule has 1 heterocycles. The van der Waals surface area contributed by atoms with Gasteiger partial charge >= 0.3 is 0 Å². The molecule has 1 N–H and O–H groups in total. The second kappa shape index (κ2) is 8.29. The zero-order valence-electron chi connectivity index (χ0n) is 12.8. The summed E-state index contributed by atoms with van der Waals surface area (Å²) in [6, 6.07) is 4.76. The van der Waals surface area contributed by atoms with E-state index in [1.807, 2.05) is 0 Å². The van der Waals surface area contributed by atoms with Crippen LogP contribution in [0.3, 0.4) is 0 Å². The Kier molecular flexibility index (Phi) is 6.67. The van der Waals surface area contributed by atoms with Crippen LogP contribution in [-0.4, -0.2) is 46.6 Å². The van der Waals surface area contributed by atoms with Crippen LogP contribution in [0.2, 0.25) is 0 Å². The second-order valence-electron chi connectivity index (χ2n) is 5.45. The van der Waals surface area contributed by atoms with Gasteiger partial charge in [0.1, 0.15) is 5.75 Å². The van der Waals surface area contributed by atoms with Crippen LogP contribution in [0.15, 0.2) is 27.6 Å². The summed E-state index contributed by atoms with van der Waals surface area (Å²) in [5.41, 5.74) is 0. The molecule has 0 aliphatic carbocycles. The Hall–Kier alpha value is -0.630. The highest BCUT2D eigenvalue weighted by atomic mass is 79.9. The maximum absolute atomic E-state index is 12.2. The molecule has 0 bridgehead atoms. The number of sulfonamides is 1. The van der Waals surface area contributed by atoms with Gasteiger partial charge < -0.3 is 9.64 Å². The van der Waals surface area contributed by atoms with E-state index in [2.05, 4.69) is 25.6 Å². The van der Waals surface area contributed by atoms with E-state index in [0.29, 0.717) is 16.8 Å². The van der Waals surface area contributed by atoms with Gasteiger partial charge in [-0.2, -0.15) is 0 Å². The Morgan fingerprint density at radius 2 is 2.00 bits per heavy atom. The van der Waals surface area contributed by atoms with Crippen molar-refractivity contribution in [3.8, 4) is 5.75 Å². The van der Waals surface area contributed by atoms with Crippen LogP contribution >= 0.6 is 15.9 Å². The van der Waals surface area contributed by atoms with Crippen LogP contribution < -0.4 is 9.46 Å². The highest BCUT2D eigenvalue weighted by Gasteiger charge is 2.16. The summed E-state index contributed by atoms with van der Waals surface area (Å²) in [6.45, 7) is 3.69. The van der Waals surface area contributed by atoms with Gasteiger partial charge in [0.05, 0.1) is 16.5 Å². The molecule has 0 atom stereocenters. The maximum Gasteiger partial charge on any atom is 0.240 e. The van der Waals surface area contributed by atoms with Crippen molar-refractivity contribution in [2.75, 3.05) is 33.3 Å². The standard InChI is InChI=1S/C15H23BrN2O3S/c1-21-15-7-6-13(12-14(15)16)22(19,20)17-8-5-11-18-9-3-2-4-10-18/h6-7,12,17H,2-5,8-11H2,1H3. The second-order valence-corrected chi connectivity index (χ2v) is 8.07. The van der Waals surface area contributed by atoms with Crippen LogP contribution in [-0.2, 0) is 10.0 Å². The van der Waals surface area contributed by atoms with E-state index in [9.17, 15) is 8.42 Å². The smallest absolute Gasteiger partial charge is 0.240 e. The van der Waals surface area contributed by atoms with E-state index in [4.69, 9.17) is 4.74 Å². The summed E-state index contributed by atoms with van der Waals surface area (Å²) in [4.78, 5) is 2.65. The normalized spacial score (nSPS) is 16.6. The zero-order chi connectivity index (χ0) is 16.0. The summed E-state index contributed by atoms with van der Waals surface area (Å²) in [5.74, 6) is 0.615. The first-order valence-corrected chi connectivity index (χ1v) is 9.86.